The van der Waals surface area contributed by atoms with Crippen LogP contribution in [0.4, 0.5) is 9.93 Å². The molecule has 1 aromatic carbocycles. The predicted molar refractivity (Wildman–Crippen MR) is 93.6 cm³/mol. The van der Waals surface area contributed by atoms with Gasteiger partial charge < -0.3 is 14.8 Å². The number of carbonyl (C=O) groups excluding carboxylic acids is 2. The first-order valence-electron chi connectivity index (χ1n) is 7.65. The molecule has 1 aromatic heterocycles. The van der Waals surface area contributed by atoms with Crippen LogP contribution in [0, 0.1) is 0 Å². The molecule has 9 heteroatoms. The quantitative estimate of drug-likeness (QED) is 0.733. The molecule has 0 fully saturated rings. The molecule has 134 valence electrons. The molecule has 0 bridgehead atoms. The van der Waals surface area contributed by atoms with Crippen LogP contribution in [-0.4, -0.2) is 35.4 Å². The van der Waals surface area contributed by atoms with Crippen molar-refractivity contribution in [3.63, 3.8) is 0 Å². The van der Waals surface area contributed by atoms with Crippen LogP contribution in [0.25, 0.3) is 0 Å². The lowest BCUT2D eigenvalue weighted by molar-refractivity contribution is -0.147. The minimum absolute atomic E-state index is 0.00798. The van der Waals surface area contributed by atoms with Crippen LogP contribution in [0.15, 0.2) is 29.8 Å². The zero-order valence-corrected chi connectivity index (χ0v) is 15.0. The van der Waals surface area contributed by atoms with Gasteiger partial charge >= 0.3 is 12.0 Å². The number of nitrogens with zero attached hydrogens (tertiary/aromatic N) is 2. The molecule has 1 heterocycles. The first-order valence-corrected chi connectivity index (χ1v) is 8.53. The number of hydrogen-bond acceptors (Lipinski definition) is 7. The minimum Gasteiger partial charge on any atom is -0.497 e. The lowest BCUT2D eigenvalue weighted by Gasteiger charge is -2.19. The van der Waals surface area contributed by atoms with E-state index in [1.165, 1.54) is 16.8 Å². The molecular formula is C16H20N4O4S. The van der Waals surface area contributed by atoms with Gasteiger partial charge in [0.05, 0.1) is 25.7 Å². The van der Waals surface area contributed by atoms with Crippen LogP contribution in [-0.2, 0) is 9.53 Å². The van der Waals surface area contributed by atoms with Gasteiger partial charge in [0.25, 0.3) is 0 Å². The molecule has 25 heavy (non-hydrogen) atoms. The Labute approximate surface area is 149 Å². The molecule has 8 nitrogen and oxygen atoms in total. The molecule has 0 saturated carbocycles. The Kier molecular flexibility index (Phi) is 6.70. The second kappa shape index (κ2) is 8.97. The molecule has 0 aliphatic rings. The zero-order chi connectivity index (χ0) is 18.2. The van der Waals surface area contributed by atoms with Crippen molar-refractivity contribution in [1.29, 1.82) is 0 Å². The van der Waals surface area contributed by atoms with Gasteiger partial charge in [0.15, 0.2) is 0 Å². The number of aromatic nitrogens is 2. The fourth-order valence-corrected chi connectivity index (χ4v) is 2.53. The summed E-state index contributed by atoms with van der Waals surface area (Å²) in [5.74, 6) is 0.289. The molecule has 0 spiro atoms. The van der Waals surface area contributed by atoms with Crippen molar-refractivity contribution < 1.29 is 19.1 Å². The highest BCUT2D eigenvalue weighted by molar-refractivity contribution is 7.13. The van der Waals surface area contributed by atoms with Gasteiger partial charge in [-0.15, -0.1) is 10.2 Å². The number of ether oxygens (including phenoxy) is 2. The number of benzene rings is 1. The van der Waals surface area contributed by atoms with Gasteiger partial charge in [0.2, 0.25) is 5.13 Å². The minimum atomic E-state index is -0.551. The van der Waals surface area contributed by atoms with Crippen molar-refractivity contribution in [2.24, 2.45) is 0 Å². The van der Waals surface area contributed by atoms with E-state index in [4.69, 9.17) is 9.47 Å². The average molecular weight is 364 g/mol. The summed E-state index contributed by atoms with van der Waals surface area (Å²) in [6, 6.07) is 6.08. The zero-order valence-electron chi connectivity index (χ0n) is 14.2. The van der Waals surface area contributed by atoms with E-state index < -0.39 is 18.0 Å². The Morgan fingerprint density at radius 1 is 1.24 bits per heavy atom. The van der Waals surface area contributed by atoms with Crippen molar-refractivity contribution in [2.45, 2.75) is 32.4 Å². The number of esters is 1. The number of amides is 2. The summed E-state index contributed by atoms with van der Waals surface area (Å²) in [6.07, 6.45) is -0.215. The summed E-state index contributed by atoms with van der Waals surface area (Å²) in [4.78, 5) is 24.2. The van der Waals surface area contributed by atoms with Crippen molar-refractivity contribution in [3.05, 3.63) is 35.3 Å². The maximum absolute atomic E-state index is 12.2. The summed E-state index contributed by atoms with van der Waals surface area (Å²) in [6.45, 7) is 3.55. The summed E-state index contributed by atoms with van der Waals surface area (Å²) in [5.41, 5.74) is 2.27. The van der Waals surface area contributed by atoms with Crippen LogP contribution in [0.1, 0.15) is 31.9 Å². The number of rotatable bonds is 7. The molecule has 2 aromatic rings. The van der Waals surface area contributed by atoms with Crippen molar-refractivity contribution >= 4 is 28.5 Å². The highest BCUT2D eigenvalue weighted by Gasteiger charge is 2.20. The van der Waals surface area contributed by atoms with E-state index in [9.17, 15) is 9.59 Å². The van der Waals surface area contributed by atoms with Gasteiger partial charge in [-0.1, -0.05) is 23.5 Å². The number of urea groups is 1. The second-order valence-corrected chi connectivity index (χ2v) is 6.24. The normalized spacial score (nSPS) is 11.7. The van der Waals surface area contributed by atoms with Crippen LogP contribution >= 0.6 is 11.3 Å². The third-order valence-electron chi connectivity index (χ3n) is 3.14. The summed E-state index contributed by atoms with van der Waals surface area (Å²) < 4.78 is 10.3. The fraction of sp³-hybridized carbons (Fsp3) is 0.375. The molecule has 2 rings (SSSR count). The van der Waals surface area contributed by atoms with Crippen molar-refractivity contribution in [2.75, 3.05) is 12.4 Å². The number of carbonyl (C=O) groups is 2. The first-order chi connectivity index (χ1) is 12.0. The van der Waals surface area contributed by atoms with Crippen LogP contribution in [0.2, 0.25) is 0 Å². The molecule has 2 amide bonds. The van der Waals surface area contributed by atoms with Gasteiger partial charge in [0, 0.05) is 0 Å². The molecule has 0 unspecified atom stereocenters. The standard InChI is InChI=1S/C16H20N4O4S/c1-10(2)24-14(21)8-13(11-4-6-12(23-3)7-5-11)18-15(22)19-16-20-17-9-25-16/h4-7,9-10,13H,8H2,1-3H3,(H2,18,19,20,22)/t13-/m0/s1. The number of hydrogen-bond donors (Lipinski definition) is 2. The van der Waals surface area contributed by atoms with Crippen LogP contribution in [0.3, 0.4) is 0 Å². The Morgan fingerprint density at radius 2 is 1.96 bits per heavy atom. The predicted octanol–water partition coefficient (Wildman–Crippen LogP) is 2.75. The number of nitrogens with one attached hydrogen (secondary N) is 2. The molecular weight excluding hydrogens is 344 g/mol. The molecule has 2 N–H and O–H groups in total. The fourth-order valence-electron chi connectivity index (χ4n) is 2.09. The highest BCUT2D eigenvalue weighted by atomic mass is 32.1. The first kappa shape index (κ1) is 18.7. The third kappa shape index (κ3) is 6.03. The van der Waals surface area contributed by atoms with E-state index in [2.05, 4.69) is 20.8 Å². The largest absolute Gasteiger partial charge is 0.497 e. The van der Waals surface area contributed by atoms with Gasteiger partial charge in [-0.05, 0) is 31.5 Å². The van der Waals surface area contributed by atoms with Crippen LogP contribution < -0.4 is 15.4 Å². The van der Waals surface area contributed by atoms with E-state index in [0.29, 0.717) is 10.9 Å². The molecule has 0 radical (unpaired) electrons. The second-order valence-electron chi connectivity index (χ2n) is 5.41. The Morgan fingerprint density at radius 3 is 2.52 bits per heavy atom. The average Bonchev–Trinajstić information content (AvgIpc) is 3.06. The SMILES string of the molecule is COc1ccc([C@H](CC(=O)OC(C)C)NC(=O)Nc2nncs2)cc1. The van der Waals surface area contributed by atoms with Gasteiger partial charge in [-0.25, -0.2) is 4.79 Å². The smallest absolute Gasteiger partial charge is 0.321 e. The monoisotopic (exact) mass is 364 g/mol. The van der Waals surface area contributed by atoms with E-state index in [1.54, 1.807) is 45.2 Å². The number of methoxy groups -OCH3 is 1. The van der Waals surface area contributed by atoms with Crippen LogP contribution in [0.5, 0.6) is 5.75 Å². The van der Waals surface area contributed by atoms with Gasteiger partial charge in [-0.2, -0.15) is 0 Å². The molecule has 0 aliphatic carbocycles. The van der Waals surface area contributed by atoms with Crippen molar-refractivity contribution in [1.82, 2.24) is 15.5 Å². The Hall–Kier alpha value is -2.68. The van der Waals surface area contributed by atoms with Crippen molar-refractivity contribution in [3.8, 4) is 5.75 Å². The van der Waals surface area contributed by atoms with Gasteiger partial charge in [0.1, 0.15) is 11.3 Å². The molecule has 0 saturated heterocycles. The highest BCUT2D eigenvalue weighted by Crippen LogP contribution is 2.21. The van der Waals surface area contributed by atoms with E-state index >= 15 is 0 Å². The molecule has 0 aliphatic heterocycles. The number of anilines is 1. The Bertz CT molecular complexity index is 689. The molecule has 1 atom stereocenters. The van der Waals surface area contributed by atoms with E-state index in [0.717, 1.165) is 5.56 Å². The summed E-state index contributed by atoms with van der Waals surface area (Å²) in [5, 5.41) is 13.1. The maximum atomic E-state index is 12.2. The van der Waals surface area contributed by atoms with E-state index in [1.807, 2.05) is 0 Å². The summed E-state index contributed by atoms with van der Waals surface area (Å²) in [7, 11) is 1.57. The Balaban J connectivity index is 2.09. The topological polar surface area (TPSA) is 102 Å². The third-order valence-corrected chi connectivity index (χ3v) is 3.75. The van der Waals surface area contributed by atoms with E-state index in [-0.39, 0.29) is 12.5 Å². The maximum Gasteiger partial charge on any atom is 0.321 e. The summed E-state index contributed by atoms with van der Waals surface area (Å²) >= 11 is 1.20. The lowest BCUT2D eigenvalue weighted by atomic mass is 10.0. The van der Waals surface area contributed by atoms with Gasteiger partial charge in [-0.3, -0.25) is 10.1 Å². The lowest BCUT2D eigenvalue weighted by Crippen LogP contribution is -2.34.